The van der Waals surface area contributed by atoms with Crippen LogP contribution in [0.4, 0.5) is 0 Å². The second-order valence-electron chi connectivity index (χ2n) is 10.4. The van der Waals surface area contributed by atoms with E-state index in [2.05, 4.69) is 63.0 Å². The Morgan fingerprint density at radius 2 is 1.82 bits per heavy atom. The van der Waals surface area contributed by atoms with Gasteiger partial charge in [-0.1, -0.05) is 51.2 Å². The summed E-state index contributed by atoms with van der Waals surface area (Å²) in [6.07, 6.45) is 9.60. The van der Waals surface area contributed by atoms with Crippen molar-refractivity contribution in [3.63, 3.8) is 0 Å². The molecule has 33 heavy (non-hydrogen) atoms. The molecule has 1 atom stereocenters. The number of benzene rings is 1. The minimum atomic E-state index is 0.00670. The normalized spacial score (nSPS) is 18.8. The van der Waals surface area contributed by atoms with Gasteiger partial charge in [0, 0.05) is 23.7 Å². The van der Waals surface area contributed by atoms with E-state index >= 15 is 0 Å². The number of hydrogen-bond acceptors (Lipinski definition) is 5. The molecular formula is C26H36N6O. The SMILES string of the molecule is Cc1ccc2[nH]c(=O)c(CN(C3CCCC3)[C@H](c3nnnn3C3CCCC3)C(C)C)cc2c1. The van der Waals surface area contributed by atoms with Crippen molar-refractivity contribution in [2.45, 2.75) is 96.8 Å². The van der Waals surface area contributed by atoms with E-state index in [1.165, 1.54) is 44.1 Å². The topological polar surface area (TPSA) is 79.7 Å². The highest BCUT2D eigenvalue weighted by Gasteiger charge is 2.36. The molecule has 2 aliphatic rings. The van der Waals surface area contributed by atoms with Gasteiger partial charge in [0.15, 0.2) is 5.82 Å². The molecule has 2 fully saturated rings. The van der Waals surface area contributed by atoms with Crippen LogP contribution in [0.3, 0.4) is 0 Å². The molecule has 0 saturated heterocycles. The van der Waals surface area contributed by atoms with Crippen molar-refractivity contribution < 1.29 is 0 Å². The third kappa shape index (κ3) is 4.47. The van der Waals surface area contributed by atoms with E-state index in [1.807, 2.05) is 12.1 Å². The molecule has 5 rings (SSSR count). The van der Waals surface area contributed by atoms with Crippen LogP contribution in [0.2, 0.25) is 0 Å². The highest BCUT2D eigenvalue weighted by molar-refractivity contribution is 5.79. The Bertz CT molecular complexity index is 1150. The Balaban J connectivity index is 1.55. The molecule has 7 heteroatoms. The van der Waals surface area contributed by atoms with E-state index in [0.29, 0.717) is 24.5 Å². The van der Waals surface area contributed by atoms with Gasteiger partial charge in [0.25, 0.3) is 5.56 Å². The molecule has 7 nitrogen and oxygen atoms in total. The smallest absolute Gasteiger partial charge is 0.252 e. The summed E-state index contributed by atoms with van der Waals surface area (Å²) in [7, 11) is 0. The van der Waals surface area contributed by atoms with E-state index in [4.69, 9.17) is 0 Å². The first-order valence-electron chi connectivity index (χ1n) is 12.7. The number of hydrogen-bond donors (Lipinski definition) is 1. The van der Waals surface area contributed by atoms with Gasteiger partial charge in [-0.05, 0) is 72.5 Å². The molecular weight excluding hydrogens is 412 g/mol. The van der Waals surface area contributed by atoms with Crippen molar-refractivity contribution in [3.8, 4) is 0 Å². The molecule has 0 unspecified atom stereocenters. The average molecular weight is 449 g/mol. The third-order valence-electron chi connectivity index (χ3n) is 7.67. The summed E-state index contributed by atoms with van der Waals surface area (Å²) < 4.78 is 2.10. The van der Waals surface area contributed by atoms with E-state index in [0.717, 1.165) is 35.1 Å². The van der Waals surface area contributed by atoms with Gasteiger partial charge < -0.3 is 4.98 Å². The molecule has 2 heterocycles. The van der Waals surface area contributed by atoms with Gasteiger partial charge >= 0.3 is 0 Å². The summed E-state index contributed by atoms with van der Waals surface area (Å²) in [5, 5.41) is 14.2. The van der Waals surface area contributed by atoms with Crippen LogP contribution in [0.15, 0.2) is 29.1 Å². The molecule has 0 aliphatic heterocycles. The first-order valence-corrected chi connectivity index (χ1v) is 12.7. The molecule has 0 amide bonds. The fourth-order valence-corrected chi connectivity index (χ4v) is 6.01. The Morgan fingerprint density at radius 1 is 1.09 bits per heavy atom. The van der Waals surface area contributed by atoms with Gasteiger partial charge in [-0.3, -0.25) is 9.69 Å². The van der Waals surface area contributed by atoms with Crippen molar-refractivity contribution in [2.24, 2.45) is 5.92 Å². The zero-order chi connectivity index (χ0) is 22.9. The van der Waals surface area contributed by atoms with Gasteiger partial charge in [-0.2, -0.15) is 0 Å². The predicted octanol–water partition coefficient (Wildman–Crippen LogP) is 5.08. The number of nitrogens with zero attached hydrogens (tertiary/aromatic N) is 5. The summed E-state index contributed by atoms with van der Waals surface area (Å²) in [6, 6.07) is 9.19. The second kappa shape index (κ2) is 9.37. The maximum atomic E-state index is 13.1. The maximum absolute atomic E-state index is 13.1. The van der Waals surface area contributed by atoms with Crippen LogP contribution in [0.1, 0.15) is 94.2 Å². The number of H-pyrrole nitrogens is 1. The number of tetrazole rings is 1. The number of pyridine rings is 1. The number of aryl methyl sites for hydroxylation is 1. The molecule has 0 radical (unpaired) electrons. The van der Waals surface area contributed by atoms with Crippen molar-refractivity contribution in [1.82, 2.24) is 30.1 Å². The largest absolute Gasteiger partial charge is 0.322 e. The summed E-state index contributed by atoms with van der Waals surface area (Å²) in [5.41, 5.74) is 2.93. The highest BCUT2D eigenvalue weighted by Crippen LogP contribution is 2.38. The fraction of sp³-hybridized carbons (Fsp3) is 0.615. The van der Waals surface area contributed by atoms with Gasteiger partial charge in [0.1, 0.15) is 0 Å². The summed E-state index contributed by atoms with van der Waals surface area (Å²) in [6.45, 7) is 7.22. The molecule has 2 aromatic heterocycles. The number of aromatic nitrogens is 5. The molecule has 0 spiro atoms. The highest BCUT2D eigenvalue weighted by atomic mass is 16.1. The fourth-order valence-electron chi connectivity index (χ4n) is 6.01. The number of rotatable bonds is 7. The standard InChI is InChI=1S/C26H36N6O/c1-17(2)24(25-28-29-30-32(25)22-10-6-7-11-22)31(21-8-4-5-9-21)16-20-15-19-14-18(3)12-13-23(19)27-26(20)33/h12-15,17,21-22,24H,4-11,16H2,1-3H3,(H,27,33)/t24-/m0/s1. The van der Waals surface area contributed by atoms with E-state index in [-0.39, 0.29) is 11.6 Å². The number of fused-ring (bicyclic) bond motifs is 1. The van der Waals surface area contributed by atoms with Crippen LogP contribution in [0, 0.1) is 12.8 Å². The maximum Gasteiger partial charge on any atom is 0.252 e. The summed E-state index contributed by atoms with van der Waals surface area (Å²) in [5.74, 6) is 1.30. The monoisotopic (exact) mass is 448 g/mol. The van der Waals surface area contributed by atoms with Crippen molar-refractivity contribution in [1.29, 1.82) is 0 Å². The minimum absolute atomic E-state index is 0.00670. The van der Waals surface area contributed by atoms with Crippen LogP contribution in [-0.4, -0.2) is 36.1 Å². The number of aromatic amines is 1. The average Bonchev–Trinajstić information content (AvgIpc) is 3.55. The molecule has 1 N–H and O–H groups in total. The lowest BCUT2D eigenvalue weighted by atomic mass is 9.97. The zero-order valence-electron chi connectivity index (χ0n) is 20.1. The molecule has 3 aromatic rings. The van der Waals surface area contributed by atoms with Gasteiger partial charge in [0.05, 0.1) is 12.1 Å². The summed E-state index contributed by atoms with van der Waals surface area (Å²) in [4.78, 5) is 18.8. The van der Waals surface area contributed by atoms with Crippen molar-refractivity contribution in [3.05, 3.63) is 51.6 Å². The molecule has 2 aliphatic carbocycles. The minimum Gasteiger partial charge on any atom is -0.322 e. The van der Waals surface area contributed by atoms with Crippen LogP contribution in [0.5, 0.6) is 0 Å². The van der Waals surface area contributed by atoms with Gasteiger partial charge in [0.2, 0.25) is 0 Å². The predicted molar refractivity (Wildman–Crippen MR) is 130 cm³/mol. The lowest BCUT2D eigenvalue weighted by molar-refractivity contribution is 0.0826. The van der Waals surface area contributed by atoms with Crippen LogP contribution in [0.25, 0.3) is 10.9 Å². The Morgan fingerprint density at radius 3 is 2.55 bits per heavy atom. The third-order valence-corrected chi connectivity index (χ3v) is 7.67. The van der Waals surface area contributed by atoms with Gasteiger partial charge in [-0.15, -0.1) is 5.10 Å². The van der Waals surface area contributed by atoms with Crippen molar-refractivity contribution >= 4 is 10.9 Å². The first kappa shape index (κ1) is 22.3. The lowest BCUT2D eigenvalue weighted by Crippen LogP contribution is -2.41. The lowest BCUT2D eigenvalue weighted by Gasteiger charge is -2.38. The van der Waals surface area contributed by atoms with Crippen molar-refractivity contribution in [2.75, 3.05) is 0 Å². The van der Waals surface area contributed by atoms with Crippen LogP contribution >= 0.6 is 0 Å². The van der Waals surface area contributed by atoms with E-state index in [9.17, 15) is 4.79 Å². The second-order valence-corrected chi connectivity index (χ2v) is 10.4. The first-order chi connectivity index (χ1) is 16.0. The van der Waals surface area contributed by atoms with Crippen LogP contribution < -0.4 is 5.56 Å². The molecule has 0 bridgehead atoms. The van der Waals surface area contributed by atoms with Gasteiger partial charge in [-0.25, -0.2) is 4.68 Å². The Hall–Kier alpha value is -2.54. The number of nitrogens with one attached hydrogen (secondary N) is 1. The summed E-state index contributed by atoms with van der Waals surface area (Å²) >= 11 is 0. The Kier molecular flexibility index (Phi) is 6.32. The van der Waals surface area contributed by atoms with Crippen LogP contribution in [-0.2, 0) is 6.54 Å². The quantitative estimate of drug-likeness (QED) is 0.545. The zero-order valence-corrected chi connectivity index (χ0v) is 20.1. The molecule has 1 aromatic carbocycles. The van der Waals surface area contributed by atoms with E-state index in [1.54, 1.807) is 0 Å². The Labute approximate surface area is 195 Å². The molecule has 2 saturated carbocycles. The van der Waals surface area contributed by atoms with E-state index < -0.39 is 0 Å². The molecule has 176 valence electrons.